The number of hydrogen-bond acceptors (Lipinski definition) is 2. The third kappa shape index (κ3) is 5.03. The number of hydrogen-bond donors (Lipinski definition) is 2. The summed E-state index contributed by atoms with van der Waals surface area (Å²) < 4.78 is 0. The first-order valence-corrected chi connectivity index (χ1v) is 6.99. The Labute approximate surface area is 116 Å². The lowest BCUT2D eigenvalue weighted by molar-refractivity contribution is -0.128. The fraction of sp³-hybridized carbons (Fsp3) is 0.562. The van der Waals surface area contributed by atoms with Gasteiger partial charge in [-0.3, -0.25) is 4.79 Å². The minimum Gasteiger partial charge on any atom is -0.359 e. The van der Waals surface area contributed by atoms with Crippen LogP contribution in [0.25, 0.3) is 0 Å². The fourth-order valence-corrected chi connectivity index (χ4v) is 2.08. The molecule has 0 aromatic heterocycles. The van der Waals surface area contributed by atoms with Crippen LogP contribution in [0, 0.1) is 5.41 Å². The van der Waals surface area contributed by atoms with Gasteiger partial charge in [0.05, 0.1) is 5.41 Å². The number of benzene rings is 1. The first-order valence-electron chi connectivity index (χ1n) is 6.99. The van der Waals surface area contributed by atoms with Gasteiger partial charge in [0.2, 0.25) is 5.91 Å². The van der Waals surface area contributed by atoms with Crippen molar-refractivity contribution in [2.24, 2.45) is 5.41 Å². The summed E-state index contributed by atoms with van der Waals surface area (Å²) in [5.74, 6) is 0.0783. The molecule has 0 radical (unpaired) electrons. The van der Waals surface area contributed by atoms with Gasteiger partial charge in [-0.25, -0.2) is 0 Å². The van der Waals surface area contributed by atoms with Crippen LogP contribution in [-0.4, -0.2) is 25.5 Å². The Morgan fingerprint density at radius 1 is 1.26 bits per heavy atom. The van der Waals surface area contributed by atoms with Gasteiger partial charge >= 0.3 is 0 Å². The van der Waals surface area contributed by atoms with Crippen LogP contribution < -0.4 is 10.6 Å². The summed E-state index contributed by atoms with van der Waals surface area (Å²) in [6, 6.07) is 10.9. The topological polar surface area (TPSA) is 41.1 Å². The first-order chi connectivity index (χ1) is 8.99. The molecule has 0 fully saturated rings. The molecule has 0 saturated carbocycles. The lowest BCUT2D eigenvalue weighted by Gasteiger charge is -2.26. The lowest BCUT2D eigenvalue weighted by Crippen LogP contribution is -2.45. The molecule has 3 heteroatoms. The summed E-state index contributed by atoms with van der Waals surface area (Å²) in [7, 11) is 1.69. The van der Waals surface area contributed by atoms with Crippen LogP contribution in [0.1, 0.15) is 32.8 Å². The normalized spacial score (nSPS) is 13.1. The smallest absolute Gasteiger partial charge is 0.226 e. The van der Waals surface area contributed by atoms with Crippen LogP contribution in [-0.2, 0) is 11.2 Å². The number of nitrogens with one attached hydrogen (secondary N) is 2. The van der Waals surface area contributed by atoms with Gasteiger partial charge in [-0.2, -0.15) is 0 Å². The highest BCUT2D eigenvalue weighted by molar-refractivity contribution is 5.81. The Bertz CT molecular complexity index is 387. The summed E-state index contributed by atoms with van der Waals surface area (Å²) in [6.07, 6.45) is 2.06. The van der Waals surface area contributed by atoms with Crippen LogP contribution >= 0.6 is 0 Å². The highest BCUT2D eigenvalue weighted by Gasteiger charge is 2.26. The van der Waals surface area contributed by atoms with Crippen LogP contribution in [0.3, 0.4) is 0 Å². The van der Waals surface area contributed by atoms with Crippen molar-refractivity contribution in [3.8, 4) is 0 Å². The van der Waals surface area contributed by atoms with Gasteiger partial charge in [0.1, 0.15) is 0 Å². The molecule has 0 bridgehead atoms. The van der Waals surface area contributed by atoms with Gasteiger partial charge in [-0.1, -0.05) is 37.3 Å². The van der Waals surface area contributed by atoms with Crippen molar-refractivity contribution < 1.29 is 4.79 Å². The minimum absolute atomic E-state index is 0.0783. The highest BCUT2D eigenvalue weighted by atomic mass is 16.2. The lowest BCUT2D eigenvalue weighted by atomic mass is 9.91. The molecule has 0 aliphatic carbocycles. The monoisotopic (exact) mass is 262 g/mol. The van der Waals surface area contributed by atoms with Crippen molar-refractivity contribution >= 4 is 5.91 Å². The Morgan fingerprint density at radius 2 is 1.89 bits per heavy atom. The van der Waals surface area contributed by atoms with Gasteiger partial charge in [0, 0.05) is 19.6 Å². The summed E-state index contributed by atoms with van der Waals surface area (Å²) >= 11 is 0. The zero-order valence-electron chi connectivity index (χ0n) is 12.5. The second kappa shape index (κ2) is 7.29. The first kappa shape index (κ1) is 15.7. The summed E-state index contributed by atoms with van der Waals surface area (Å²) in [5.41, 5.74) is 0.957. The molecule has 0 saturated heterocycles. The molecule has 1 aromatic carbocycles. The SMILES string of the molecule is CCC(Cc1ccccc1)NCC(C)(C)C(=O)NC. The van der Waals surface area contributed by atoms with E-state index in [1.807, 2.05) is 19.9 Å². The van der Waals surface area contributed by atoms with Crippen molar-refractivity contribution in [2.45, 2.75) is 39.7 Å². The molecule has 106 valence electrons. The van der Waals surface area contributed by atoms with E-state index in [4.69, 9.17) is 0 Å². The van der Waals surface area contributed by atoms with Gasteiger partial charge in [-0.15, -0.1) is 0 Å². The number of carbonyl (C=O) groups excluding carboxylic acids is 1. The second-order valence-electron chi connectivity index (χ2n) is 5.64. The van der Waals surface area contributed by atoms with Crippen LogP contribution in [0.2, 0.25) is 0 Å². The second-order valence-corrected chi connectivity index (χ2v) is 5.64. The van der Waals surface area contributed by atoms with Crippen LogP contribution in [0.4, 0.5) is 0 Å². The third-order valence-corrected chi connectivity index (χ3v) is 3.49. The molecule has 1 unspecified atom stereocenters. The molecule has 0 aliphatic heterocycles. The highest BCUT2D eigenvalue weighted by Crippen LogP contribution is 2.14. The van der Waals surface area contributed by atoms with Gasteiger partial charge in [0.15, 0.2) is 0 Å². The average molecular weight is 262 g/mol. The minimum atomic E-state index is -0.376. The van der Waals surface area contributed by atoms with Gasteiger partial charge < -0.3 is 10.6 Å². The van der Waals surface area contributed by atoms with E-state index >= 15 is 0 Å². The maximum absolute atomic E-state index is 11.7. The summed E-state index contributed by atoms with van der Waals surface area (Å²) in [4.78, 5) is 11.7. The van der Waals surface area contributed by atoms with Crippen LogP contribution in [0.15, 0.2) is 30.3 Å². The van der Waals surface area contributed by atoms with Crippen molar-refractivity contribution in [2.75, 3.05) is 13.6 Å². The van der Waals surface area contributed by atoms with Crippen molar-refractivity contribution in [3.63, 3.8) is 0 Å². The number of amides is 1. The van der Waals surface area contributed by atoms with Gasteiger partial charge in [0.25, 0.3) is 0 Å². The van der Waals surface area contributed by atoms with E-state index in [-0.39, 0.29) is 11.3 Å². The molecular weight excluding hydrogens is 236 g/mol. The van der Waals surface area contributed by atoms with Crippen molar-refractivity contribution in [3.05, 3.63) is 35.9 Å². The largest absolute Gasteiger partial charge is 0.359 e. The summed E-state index contributed by atoms with van der Waals surface area (Å²) in [6.45, 7) is 6.80. The predicted octanol–water partition coefficient (Wildman–Crippen LogP) is 2.37. The van der Waals surface area contributed by atoms with Gasteiger partial charge in [-0.05, 0) is 32.3 Å². The molecule has 0 spiro atoms. The van der Waals surface area contributed by atoms with E-state index in [0.29, 0.717) is 12.6 Å². The maximum Gasteiger partial charge on any atom is 0.226 e. The third-order valence-electron chi connectivity index (χ3n) is 3.49. The molecule has 19 heavy (non-hydrogen) atoms. The van der Waals surface area contributed by atoms with Crippen molar-refractivity contribution in [1.29, 1.82) is 0 Å². The van der Waals surface area contributed by atoms with E-state index in [1.54, 1.807) is 7.05 Å². The molecule has 0 aliphatic rings. The molecule has 1 aromatic rings. The molecule has 3 nitrogen and oxygen atoms in total. The Morgan fingerprint density at radius 3 is 2.42 bits per heavy atom. The molecule has 2 N–H and O–H groups in total. The molecule has 1 amide bonds. The Balaban J connectivity index is 2.52. The maximum atomic E-state index is 11.7. The Hall–Kier alpha value is -1.35. The fourth-order valence-electron chi connectivity index (χ4n) is 2.08. The zero-order chi connectivity index (χ0) is 14.3. The average Bonchev–Trinajstić information content (AvgIpc) is 2.43. The quantitative estimate of drug-likeness (QED) is 0.792. The van der Waals surface area contributed by atoms with Crippen molar-refractivity contribution in [1.82, 2.24) is 10.6 Å². The molecule has 1 atom stereocenters. The molecular formula is C16H26N2O. The predicted molar refractivity (Wildman–Crippen MR) is 80.1 cm³/mol. The standard InChI is InChI=1S/C16H26N2O/c1-5-14(11-13-9-7-6-8-10-13)18-12-16(2,3)15(19)17-4/h6-10,14,18H,5,11-12H2,1-4H3,(H,17,19). The zero-order valence-corrected chi connectivity index (χ0v) is 12.5. The van der Waals surface area contributed by atoms with E-state index in [9.17, 15) is 4.79 Å². The summed E-state index contributed by atoms with van der Waals surface area (Å²) in [5, 5.41) is 6.23. The molecule has 0 heterocycles. The molecule has 1 rings (SSSR count). The van der Waals surface area contributed by atoms with E-state index in [2.05, 4.69) is 41.8 Å². The Kier molecular flexibility index (Phi) is 6.03. The van der Waals surface area contributed by atoms with E-state index < -0.39 is 0 Å². The van der Waals surface area contributed by atoms with Crippen LogP contribution in [0.5, 0.6) is 0 Å². The number of carbonyl (C=O) groups is 1. The van der Waals surface area contributed by atoms with E-state index in [1.165, 1.54) is 5.56 Å². The number of rotatable bonds is 7. The van der Waals surface area contributed by atoms with E-state index in [0.717, 1.165) is 12.8 Å².